The zero-order valence-electron chi connectivity index (χ0n) is 19.7. The van der Waals surface area contributed by atoms with Gasteiger partial charge in [0.05, 0.1) is 11.4 Å². The minimum Gasteiger partial charge on any atom is -0.326 e. The van der Waals surface area contributed by atoms with Gasteiger partial charge in [-0.15, -0.1) is 11.8 Å². The maximum absolute atomic E-state index is 13.6. The summed E-state index contributed by atoms with van der Waals surface area (Å²) < 4.78 is 3.27. The molecule has 1 atom stereocenters. The Morgan fingerprint density at radius 1 is 0.886 bits per heavy atom. The fourth-order valence-electron chi connectivity index (χ4n) is 3.79. The molecule has 4 rings (SSSR count). The van der Waals surface area contributed by atoms with E-state index in [0.717, 1.165) is 10.5 Å². The first kappa shape index (κ1) is 24.1. The summed E-state index contributed by atoms with van der Waals surface area (Å²) in [5.74, 6) is -0.476. The van der Waals surface area contributed by atoms with Crippen LogP contribution in [-0.2, 0) is 16.6 Å². The third kappa shape index (κ3) is 5.38. The molecule has 0 radical (unpaired) electrons. The monoisotopic (exact) mass is 486 g/mol. The lowest BCUT2D eigenvalue weighted by atomic mass is 10.1. The minimum absolute atomic E-state index is 0.168. The molecule has 3 aromatic carbocycles. The first-order chi connectivity index (χ1) is 16.8. The number of thioether (sulfide) groups is 1. The maximum Gasteiger partial charge on any atom is 0.295 e. The van der Waals surface area contributed by atoms with E-state index >= 15 is 0 Å². The molecule has 2 N–H and O–H groups in total. The van der Waals surface area contributed by atoms with Crippen LogP contribution in [0.4, 0.5) is 11.4 Å². The van der Waals surface area contributed by atoms with Gasteiger partial charge in [-0.1, -0.05) is 54.6 Å². The second kappa shape index (κ2) is 10.5. The Hall–Kier alpha value is -4.04. The standard InChI is InChI=1S/C27H26N4O3S/c1-18-24(27(34)31(30(18)3)22-14-8-5-9-15-22)29-26(33)25(20-11-6-4-7-12-20)35-23-16-10-13-21(17-23)28-19(2)32/h4-17,25H,1-3H3,(H,28,32)(H,29,33). The Labute approximate surface area is 207 Å². The van der Waals surface area contributed by atoms with Gasteiger partial charge in [0.25, 0.3) is 5.56 Å². The predicted octanol–water partition coefficient (Wildman–Crippen LogP) is 4.91. The number of carbonyl (C=O) groups is 2. The van der Waals surface area contributed by atoms with Crippen molar-refractivity contribution >= 4 is 35.0 Å². The lowest BCUT2D eigenvalue weighted by molar-refractivity contribution is -0.116. The minimum atomic E-state index is -0.618. The molecule has 0 bridgehead atoms. The fraction of sp³-hybridized carbons (Fsp3) is 0.148. The molecule has 0 spiro atoms. The highest BCUT2D eigenvalue weighted by Crippen LogP contribution is 2.37. The van der Waals surface area contributed by atoms with Gasteiger partial charge in [-0.25, -0.2) is 4.68 Å². The molecule has 0 aliphatic carbocycles. The largest absolute Gasteiger partial charge is 0.326 e. The van der Waals surface area contributed by atoms with Gasteiger partial charge < -0.3 is 10.6 Å². The number of rotatable bonds is 7. The molecule has 0 aliphatic rings. The number of aromatic nitrogens is 2. The number of nitrogens with one attached hydrogen (secondary N) is 2. The molecule has 2 amide bonds. The van der Waals surface area contributed by atoms with E-state index in [1.165, 1.54) is 23.4 Å². The van der Waals surface area contributed by atoms with Crippen molar-refractivity contribution in [1.29, 1.82) is 0 Å². The summed E-state index contributed by atoms with van der Waals surface area (Å²) >= 11 is 1.35. The number of hydrogen-bond donors (Lipinski definition) is 2. The van der Waals surface area contributed by atoms with E-state index in [1.807, 2.05) is 78.9 Å². The third-order valence-electron chi connectivity index (χ3n) is 5.55. The summed E-state index contributed by atoms with van der Waals surface area (Å²) in [6, 6.07) is 26.0. The van der Waals surface area contributed by atoms with Crippen LogP contribution in [0.1, 0.15) is 23.4 Å². The Morgan fingerprint density at radius 2 is 1.54 bits per heavy atom. The molecular formula is C27H26N4O3S. The normalized spacial score (nSPS) is 11.6. The van der Waals surface area contributed by atoms with E-state index < -0.39 is 5.25 Å². The third-order valence-corrected chi connectivity index (χ3v) is 6.80. The molecule has 1 aromatic heterocycles. The molecule has 7 nitrogen and oxygen atoms in total. The number of benzene rings is 3. The van der Waals surface area contributed by atoms with Crippen molar-refractivity contribution in [3.8, 4) is 5.69 Å². The van der Waals surface area contributed by atoms with Crippen molar-refractivity contribution in [2.45, 2.75) is 24.0 Å². The van der Waals surface area contributed by atoms with Crippen LogP contribution in [0.25, 0.3) is 5.69 Å². The Morgan fingerprint density at radius 3 is 2.20 bits per heavy atom. The smallest absolute Gasteiger partial charge is 0.295 e. The van der Waals surface area contributed by atoms with Crippen molar-refractivity contribution in [1.82, 2.24) is 9.36 Å². The Bertz CT molecular complexity index is 1410. The van der Waals surface area contributed by atoms with E-state index in [9.17, 15) is 14.4 Å². The molecular weight excluding hydrogens is 460 g/mol. The molecule has 8 heteroatoms. The van der Waals surface area contributed by atoms with Gasteiger partial charge in [-0.2, -0.15) is 0 Å². The fourth-order valence-corrected chi connectivity index (χ4v) is 4.87. The van der Waals surface area contributed by atoms with E-state index in [4.69, 9.17) is 0 Å². The molecule has 0 saturated heterocycles. The van der Waals surface area contributed by atoms with Crippen molar-refractivity contribution in [3.63, 3.8) is 0 Å². The lowest BCUT2D eigenvalue weighted by Crippen LogP contribution is -2.25. The molecule has 0 saturated carbocycles. The molecule has 178 valence electrons. The van der Waals surface area contributed by atoms with E-state index in [2.05, 4.69) is 10.6 Å². The van der Waals surface area contributed by atoms with Crippen LogP contribution >= 0.6 is 11.8 Å². The van der Waals surface area contributed by atoms with Crippen molar-refractivity contribution < 1.29 is 9.59 Å². The van der Waals surface area contributed by atoms with Gasteiger partial charge in [0.15, 0.2) is 0 Å². The van der Waals surface area contributed by atoms with Gasteiger partial charge in [0, 0.05) is 24.6 Å². The number of amides is 2. The highest BCUT2D eigenvalue weighted by atomic mass is 32.2. The van der Waals surface area contributed by atoms with Crippen LogP contribution in [-0.4, -0.2) is 21.2 Å². The van der Waals surface area contributed by atoms with E-state index in [-0.39, 0.29) is 23.1 Å². The maximum atomic E-state index is 13.6. The number of para-hydroxylation sites is 1. The van der Waals surface area contributed by atoms with Crippen LogP contribution in [0.2, 0.25) is 0 Å². The van der Waals surface area contributed by atoms with Crippen molar-refractivity contribution in [2.24, 2.45) is 7.05 Å². The number of anilines is 2. The number of carbonyl (C=O) groups excluding carboxylic acids is 2. The summed E-state index contributed by atoms with van der Waals surface area (Å²) in [5.41, 5.74) is 2.77. The van der Waals surface area contributed by atoms with Gasteiger partial charge in [-0.3, -0.25) is 19.1 Å². The average molecular weight is 487 g/mol. The van der Waals surface area contributed by atoms with Gasteiger partial charge in [-0.05, 0) is 42.8 Å². The summed E-state index contributed by atoms with van der Waals surface area (Å²) in [5, 5.41) is 5.04. The summed E-state index contributed by atoms with van der Waals surface area (Å²) in [7, 11) is 1.79. The molecule has 0 fully saturated rings. The summed E-state index contributed by atoms with van der Waals surface area (Å²) in [6.45, 7) is 3.25. The molecule has 1 heterocycles. The highest BCUT2D eigenvalue weighted by Gasteiger charge is 2.26. The second-order valence-electron chi connectivity index (χ2n) is 8.04. The van der Waals surface area contributed by atoms with Gasteiger partial charge in [0.1, 0.15) is 10.9 Å². The van der Waals surface area contributed by atoms with E-state index in [0.29, 0.717) is 17.1 Å². The predicted molar refractivity (Wildman–Crippen MR) is 140 cm³/mol. The summed E-state index contributed by atoms with van der Waals surface area (Å²) in [4.78, 5) is 39.1. The Balaban J connectivity index is 1.67. The summed E-state index contributed by atoms with van der Waals surface area (Å²) in [6.07, 6.45) is 0. The highest BCUT2D eigenvalue weighted by molar-refractivity contribution is 8.00. The number of hydrogen-bond acceptors (Lipinski definition) is 4. The number of nitrogens with zero attached hydrogens (tertiary/aromatic N) is 2. The second-order valence-corrected chi connectivity index (χ2v) is 9.22. The first-order valence-electron chi connectivity index (χ1n) is 11.1. The van der Waals surface area contributed by atoms with Crippen LogP contribution < -0.4 is 16.2 Å². The molecule has 4 aromatic rings. The van der Waals surface area contributed by atoms with Crippen LogP contribution in [0, 0.1) is 6.92 Å². The molecule has 35 heavy (non-hydrogen) atoms. The van der Waals surface area contributed by atoms with Crippen molar-refractivity contribution in [2.75, 3.05) is 10.6 Å². The Kier molecular flexibility index (Phi) is 7.22. The molecule has 0 aliphatic heterocycles. The van der Waals surface area contributed by atoms with Crippen molar-refractivity contribution in [3.05, 3.63) is 107 Å². The van der Waals surface area contributed by atoms with Gasteiger partial charge >= 0.3 is 0 Å². The topological polar surface area (TPSA) is 85.1 Å². The van der Waals surface area contributed by atoms with Crippen LogP contribution in [0.3, 0.4) is 0 Å². The first-order valence-corrected chi connectivity index (χ1v) is 12.0. The zero-order valence-corrected chi connectivity index (χ0v) is 20.5. The zero-order chi connectivity index (χ0) is 24.9. The van der Waals surface area contributed by atoms with Crippen LogP contribution in [0.5, 0.6) is 0 Å². The van der Waals surface area contributed by atoms with E-state index in [1.54, 1.807) is 24.7 Å². The average Bonchev–Trinajstić information content (AvgIpc) is 3.06. The lowest BCUT2D eigenvalue weighted by Gasteiger charge is -2.17. The quantitative estimate of drug-likeness (QED) is 0.363. The molecule has 1 unspecified atom stereocenters. The SMILES string of the molecule is CC(=O)Nc1cccc(SC(C(=O)Nc2c(C)n(C)n(-c3ccccc3)c2=O)c2ccccc2)c1. The van der Waals surface area contributed by atoms with Crippen LogP contribution in [0.15, 0.2) is 94.6 Å². The van der Waals surface area contributed by atoms with Gasteiger partial charge in [0.2, 0.25) is 11.8 Å².